The molecule has 0 bridgehead atoms. The van der Waals surface area contributed by atoms with Gasteiger partial charge in [-0.2, -0.15) is 13.2 Å². The van der Waals surface area contributed by atoms with Crippen LogP contribution in [-0.2, 0) is 6.18 Å². The Morgan fingerprint density at radius 1 is 0.829 bits per heavy atom. The van der Waals surface area contributed by atoms with E-state index in [2.05, 4.69) is 20.5 Å². The molecule has 3 aromatic rings. The van der Waals surface area contributed by atoms with Gasteiger partial charge in [-0.15, -0.1) is 0 Å². The van der Waals surface area contributed by atoms with Crippen molar-refractivity contribution < 1.29 is 22.8 Å². The first-order valence-corrected chi connectivity index (χ1v) is 11.1. The number of carbonyl (C=O) groups excluding carboxylic acids is 2. The van der Waals surface area contributed by atoms with Gasteiger partial charge in [0.1, 0.15) is 5.82 Å². The van der Waals surface area contributed by atoms with E-state index >= 15 is 0 Å². The lowest BCUT2D eigenvalue weighted by Crippen LogP contribution is -2.35. The zero-order valence-electron chi connectivity index (χ0n) is 18.8. The van der Waals surface area contributed by atoms with E-state index in [9.17, 15) is 22.8 Å². The number of aromatic nitrogens is 1. The van der Waals surface area contributed by atoms with E-state index in [4.69, 9.17) is 0 Å². The van der Waals surface area contributed by atoms with Gasteiger partial charge in [-0.3, -0.25) is 4.79 Å². The fourth-order valence-corrected chi connectivity index (χ4v) is 3.88. The summed E-state index contributed by atoms with van der Waals surface area (Å²) in [5.74, 6) is 0.686. The Kier molecular flexibility index (Phi) is 7.19. The summed E-state index contributed by atoms with van der Waals surface area (Å²) in [5.41, 5.74) is -0.261. The van der Waals surface area contributed by atoms with E-state index in [1.807, 2.05) is 23.1 Å². The Bertz CT molecular complexity index is 1170. The van der Waals surface area contributed by atoms with Gasteiger partial charge >= 0.3 is 12.2 Å². The summed E-state index contributed by atoms with van der Waals surface area (Å²) in [5, 5.41) is 4.74. The summed E-state index contributed by atoms with van der Waals surface area (Å²) >= 11 is 0. The number of pyridine rings is 1. The Morgan fingerprint density at radius 3 is 2.29 bits per heavy atom. The third kappa shape index (κ3) is 6.08. The van der Waals surface area contributed by atoms with Crippen LogP contribution in [0.1, 0.15) is 22.3 Å². The number of anilines is 3. The number of para-hydroxylation sites is 1. The lowest BCUT2D eigenvalue weighted by molar-refractivity contribution is -0.136. The number of hydrogen-bond acceptors (Lipinski definition) is 4. The van der Waals surface area contributed by atoms with Gasteiger partial charge in [0.15, 0.2) is 0 Å². The SMILES string of the molecule is O=C(Nc1ccc(N2CCCN(C(=O)c3ccccc3)CC2)nc1)Nc1ccccc1C(F)(F)F. The smallest absolute Gasteiger partial charge is 0.355 e. The Morgan fingerprint density at radius 2 is 1.57 bits per heavy atom. The molecule has 0 radical (unpaired) electrons. The predicted octanol–water partition coefficient (Wildman–Crippen LogP) is 5.10. The van der Waals surface area contributed by atoms with Gasteiger partial charge in [-0.1, -0.05) is 30.3 Å². The molecule has 2 N–H and O–H groups in total. The molecule has 7 nitrogen and oxygen atoms in total. The van der Waals surface area contributed by atoms with Crippen molar-refractivity contribution in [3.8, 4) is 0 Å². The number of amides is 3. The van der Waals surface area contributed by atoms with Crippen LogP contribution in [0, 0.1) is 0 Å². The number of benzene rings is 2. The average molecular weight is 483 g/mol. The van der Waals surface area contributed by atoms with Gasteiger partial charge in [-0.25, -0.2) is 9.78 Å². The minimum Gasteiger partial charge on any atom is -0.355 e. The van der Waals surface area contributed by atoms with Crippen molar-refractivity contribution in [2.45, 2.75) is 12.6 Å². The topological polar surface area (TPSA) is 77.6 Å². The minimum atomic E-state index is -4.58. The Hall–Kier alpha value is -4.08. The van der Waals surface area contributed by atoms with Crippen molar-refractivity contribution in [1.82, 2.24) is 9.88 Å². The van der Waals surface area contributed by atoms with E-state index < -0.39 is 17.8 Å². The first kappa shape index (κ1) is 24.1. The molecule has 1 fully saturated rings. The monoisotopic (exact) mass is 483 g/mol. The van der Waals surface area contributed by atoms with E-state index in [0.29, 0.717) is 43.2 Å². The number of urea groups is 1. The van der Waals surface area contributed by atoms with Crippen LogP contribution < -0.4 is 15.5 Å². The normalized spacial score (nSPS) is 14.3. The molecular formula is C25H24F3N5O2. The second-order valence-corrected chi connectivity index (χ2v) is 8.03. The summed E-state index contributed by atoms with van der Waals surface area (Å²) in [6.07, 6.45) is -2.36. The number of carbonyl (C=O) groups is 2. The number of alkyl halides is 3. The molecule has 0 saturated carbocycles. The first-order valence-electron chi connectivity index (χ1n) is 11.1. The van der Waals surface area contributed by atoms with Crippen LogP contribution in [0.4, 0.5) is 35.2 Å². The molecule has 0 spiro atoms. The van der Waals surface area contributed by atoms with Crippen LogP contribution in [0.25, 0.3) is 0 Å². The maximum Gasteiger partial charge on any atom is 0.418 e. The quantitative estimate of drug-likeness (QED) is 0.542. The fourth-order valence-electron chi connectivity index (χ4n) is 3.88. The molecular weight excluding hydrogens is 459 g/mol. The largest absolute Gasteiger partial charge is 0.418 e. The molecule has 0 atom stereocenters. The number of rotatable bonds is 4. The van der Waals surface area contributed by atoms with E-state index in [-0.39, 0.29) is 11.6 Å². The fraction of sp³-hybridized carbons (Fsp3) is 0.240. The number of hydrogen-bond donors (Lipinski definition) is 2. The molecule has 1 saturated heterocycles. The van der Waals surface area contributed by atoms with Crippen LogP contribution in [0.5, 0.6) is 0 Å². The van der Waals surface area contributed by atoms with Crippen LogP contribution in [0.15, 0.2) is 72.9 Å². The maximum atomic E-state index is 13.1. The predicted molar refractivity (Wildman–Crippen MR) is 127 cm³/mol. The zero-order chi connectivity index (χ0) is 24.8. The lowest BCUT2D eigenvalue weighted by Gasteiger charge is -2.23. The molecule has 182 valence electrons. The Balaban J connectivity index is 1.34. The van der Waals surface area contributed by atoms with Crippen molar-refractivity contribution in [1.29, 1.82) is 0 Å². The second kappa shape index (κ2) is 10.5. The van der Waals surface area contributed by atoms with Crippen LogP contribution in [0.3, 0.4) is 0 Å². The van der Waals surface area contributed by atoms with Crippen molar-refractivity contribution in [2.75, 3.05) is 41.7 Å². The molecule has 2 heterocycles. The molecule has 3 amide bonds. The second-order valence-electron chi connectivity index (χ2n) is 8.03. The van der Waals surface area contributed by atoms with Crippen molar-refractivity contribution >= 4 is 29.1 Å². The molecule has 0 aliphatic carbocycles. The summed E-state index contributed by atoms with van der Waals surface area (Å²) in [4.78, 5) is 33.3. The summed E-state index contributed by atoms with van der Waals surface area (Å²) < 4.78 is 39.4. The average Bonchev–Trinajstić information content (AvgIpc) is 3.11. The molecule has 1 aliphatic heterocycles. The van der Waals surface area contributed by atoms with Crippen LogP contribution in [0.2, 0.25) is 0 Å². The maximum absolute atomic E-state index is 13.1. The zero-order valence-corrected chi connectivity index (χ0v) is 18.8. The molecule has 0 unspecified atom stereocenters. The standard InChI is InChI=1S/C25H24F3N5O2/c26-25(27,28)20-9-4-5-10-21(20)31-24(35)30-19-11-12-22(29-17-19)32-13-6-14-33(16-15-32)23(34)18-7-2-1-3-8-18/h1-5,7-12,17H,6,13-16H2,(H2,30,31,35). The first-order chi connectivity index (χ1) is 16.8. The van der Waals surface area contributed by atoms with Crippen LogP contribution >= 0.6 is 0 Å². The number of nitrogens with zero attached hydrogens (tertiary/aromatic N) is 3. The van der Waals surface area contributed by atoms with Gasteiger partial charge in [0.05, 0.1) is 23.1 Å². The molecule has 1 aliphatic rings. The van der Waals surface area contributed by atoms with Gasteiger partial charge in [0.25, 0.3) is 5.91 Å². The minimum absolute atomic E-state index is 0.00179. The van der Waals surface area contributed by atoms with Gasteiger partial charge in [-0.05, 0) is 42.8 Å². The molecule has 1 aromatic heterocycles. The number of nitrogens with one attached hydrogen (secondary N) is 2. The van der Waals surface area contributed by atoms with Gasteiger partial charge in [0, 0.05) is 31.7 Å². The third-order valence-electron chi connectivity index (χ3n) is 5.61. The summed E-state index contributed by atoms with van der Waals surface area (Å²) in [6.45, 7) is 2.51. The highest BCUT2D eigenvalue weighted by Gasteiger charge is 2.33. The van der Waals surface area contributed by atoms with E-state index in [1.54, 1.807) is 24.3 Å². The van der Waals surface area contributed by atoms with E-state index in [1.165, 1.54) is 24.4 Å². The van der Waals surface area contributed by atoms with Crippen molar-refractivity contribution in [2.24, 2.45) is 0 Å². The highest BCUT2D eigenvalue weighted by Crippen LogP contribution is 2.34. The highest BCUT2D eigenvalue weighted by atomic mass is 19.4. The molecule has 35 heavy (non-hydrogen) atoms. The van der Waals surface area contributed by atoms with Crippen LogP contribution in [-0.4, -0.2) is 48.0 Å². The number of halogens is 3. The molecule has 4 rings (SSSR count). The molecule has 10 heteroatoms. The van der Waals surface area contributed by atoms with Gasteiger partial charge in [0.2, 0.25) is 0 Å². The summed E-state index contributed by atoms with van der Waals surface area (Å²) in [7, 11) is 0. The third-order valence-corrected chi connectivity index (χ3v) is 5.61. The highest BCUT2D eigenvalue weighted by molar-refractivity contribution is 6.00. The van der Waals surface area contributed by atoms with Crippen molar-refractivity contribution in [3.05, 3.63) is 84.1 Å². The summed E-state index contributed by atoms with van der Waals surface area (Å²) in [6, 6.07) is 16.5. The molecule has 2 aromatic carbocycles. The van der Waals surface area contributed by atoms with Crippen molar-refractivity contribution in [3.63, 3.8) is 0 Å². The van der Waals surface area contributed by atoms with Gasteiger partial charge < -0.3 is 20.4 Å². The van der Waals surface area contributed by atoms with E-state index in [0.717, 1.165) is 12.5 Å². The lowest BCUT2D eigenvalue weighted by atomic mass is 10.1. The Labute approximate surface area is 200 Å².